The number of amides is 1. The first kappa shape index (κ1) is 20.1. The van der Waals surface area contributed by atoms with Crippen molar-refractivity contribution in [2.75, 3.05) is 16.8 Å². The van der Waals surface area contributed by atoms with Crippen LogP contribution in [0.3, 0.4) is 0 Å². The molecule has 3 aromatic rings. The van der Waals surface area contributed by atoms with Gasteiger partial charge in [0.15, 0.2) is 5.65 Å². The van der Waals surface area contributed by atoms with E-state index in [0.717, 1.165) is 0 Å². The highest BCUT2D eigenvalue weighted by Gasteiger charge is 2.28. The Hall–Kier alpha value is -2.16. The van der Waals surface area contributed by atoms with Gasteiger partial charge in [0.25, 0.3) is 5.91 Å². The summed E-state index contributed by atoms with van der Waals surface area (Å²) in [7, 11) is -2.98. The van der Waals surface area contributed by atoms with Gasteiger partial charge in [-0.2, -0.15) is 5.10 Å². The zero-order valence-electron chi connectivity index (χ0n) is 15.5. The highest BCUT2D eigenvalue weighted by molar-refractivity contribution is 7.91. The van der Waals surface area contributed by atoms with Gasteiger partial charge in [-0.05, 0) is 44.0 Å². The fourth-order valence-electron chi connectivity index (χ4n) is 3.50. The maximum atomic E-state index is 12.7. The van der Waals surface area contributed by atoms with Crippen molar-refractivity contribution in [3.05, 3.63) is 51.8 Å². The molecule has 0 bridgehead atoms. The largest absolute Gasteiger partial charge is 0.322 e. The smallest absolute Gasteiger partial charge is 0.258 e. The molecule has 0 atom stereocenters. The van der Waals surface area contributed by atoms with Gasteiger partial charge in [0.05, 0.1) is 39.2 Å². The summed E-state index contributed by atoms with van der Waals surface area (Å²) in [6.07, 6.45) is 2.39. The van der Waals surface area contributed by atoms with Crippen LogP contribution in [-0.2, 0) is 9.84 Å². The van der Waals surface area contributed by atoms with Crippen molar-refractivity contribution in [1.82, 2.24) is 14.8 Å². The van der Waals surface area contributed by atoms with Crippen LogP contribution in [0.4, 0.5) is 5.69 Å². The SMILES string of the molecule is Cc1nn(C2CCS(=O)(=O)CC2)c2ncc(C(=O)Nc3ccc(Cl)cc3)c(Cl)c12. The number of hydrogen-bond acceptors (Lipinski definition) is 5. The third-order valence-electron chi connectivity index (χ3n) is 5.05. The van der Waals surface area contributed by atoms with E-state index in [-0.39, 0.29) is 34.0 Å². The van der Waals surface area contributed by atoms with Gasteiger partial charge in [-0.1, -0.05) is 23.2 Å². The number of halogens is 2. The van der Waals surface area contributed by atoms with E-state index in [0.29, 0.717) is 40.3 Å². The van der Waals surface area contributed by atoms with E-state index in [4.69, 9.17) is 23.2 Å². The van der Waals surface area contributed by atoms with Crippen molar-refractivity contribution in [3.63, 3.8) is 0 Å². The molecule has 1 N–H and O–H groups in total. The molecule has 0 aliphatic carbocycles. The normalized spacial score (nSPS) is 16.8. The molecule has 0 spiro atoms. The monoisotopic (exact) mass is 452 g/mol. The van der Waals surface area contributed by atoms with Gasteiger partial charge in [0.2, 0.25) is 0 Å². The Morgan fingerprint density at radius 3 is 2.48 bits per heavy atom. The number of aromatic nitrogens is 3. The number of aryl methyl sites for hydroxylation is 1. The van der Waals surface area contributed by atoms with Gasteiger partial charge in [-0.3, -0.25) is 4.79 Å². The average molecular weight is 453 g/mol. The van der Waals surface area contributed by atoms with E-state index in [2.05, 4.69) is 15.4 Å². The van der Waals surface area contributed by atoms with Gasteiger partial charge >= 0.3 is 0 Å². The van der Waals surface area contributed by atoms with E-state index in [1.54, 1.807) is 35.9 Å². The van der Waals surface area contributed by atoms with Crippen LogP contribution < -0.4 is 5.32 Å². The third-order valence-corrected chi connectivity index (χ3v) is 7.41. The number of hydrogen-bond donors (Lipinski definition) is 1. The van der Waals surface area contributed by atoms with Gasteiger partial charge < -0.3 is 5.32 Å². The second-order valence-electron chi connectivity index (χ2n) is 7.06. The topological polar surface area (TPSA) is 93.9 Å². The first-order chi connectivity index (χ1) is 13.7. The molecule has 1 saturated heterocycles. The summed E-state index contributed by atoms with van der Waals surface area (Å²) in [6, 6.07) is 6.69. The molecule has 7 nitrogen and oxygen atoms in total. The molecule has 4 rings (SSSR count). The summed E-state index contributed by atoms with van der Waals surface area (Å²) >= 11 is 12.4. The number of pyridine rings is 1. The molecule has 1 amide bonds. The Morgan fingerprint density at radius 2 is 1.83 bits per heavy atom. The van der Waals surface area contributed by atoms with Crippen molar-refractivity contribution >= 4 is 55.7 Å². The number of nitrogens with one attached hydrogen (secondary N) is 1. The quantitative estimate of drug-likeness (QED) is 0.646. The van der Waals surface area contributed by atoms with Gasteiger partial charge in [-0.25, -0.2) is 18.1 Å². The van der Waals surface area contributed by atoms with Crippen molar-refractivity contribution < 1.29 is 13.2 Å². The second-order valence-corrected chi connectivity index (χ2v) is 10.2. The molecule has 0 radical (unpaired) electrons. The second kappa shape index (κ2) is 7.59. The number of fused-ring (bicyclic) bond motifs is 1. The fourth-order valence-corrected chi connectivity index (χ4v) is 5.45. The number of sulfone groups is 1. The number of benzene rings is 1. The predicted molar refractivity (Wildman–Crippen MR) is 114 cm³/mol. The number of rotatable bonds is 3. The minimum atomic E-state index is -2.98. The molecular formula is C19H18Cl2N4O3S. The molecule has 29 heavy (non-hydrogen) atoms. The lowest BCUT2D eigenvalue weighted by Gasteiger charge is -2.22. The summed E-state index contributed by atoms with van der Waals surface area (Å²) in [5.74, 6) is -0.122. The molecule has 0 unspecified atom stereocenters. The first-order valence-electron chi connectivity index (χ1n) is 9.06. The van der Waals surface area contributed by atoms with Crippen LogP contribution >= 0.6 is 23.2 Å². The van der Waals surface area contributed by atoms with Crippen molar-refractivity contribution in [3.8, 4) is 0 Å². The number of carbonyl (C=O) groups is 1. The molecule has 1 fully saturated rings. The van der Waals surface area contributed by atoms with Crippen LogP contribution in [0.1, 0.15) is 34.9 Å². The predicted octanol–water partition coefficient (Wildman–Crippen LogP) is 4.05. The molecule has 10 heteroatoms. The molecule has 1 aromatic carbocycles. The molecule has 1 aliphatic heterocycles. The molecule has 0 saturated carbocycles. The van der Waals surface area contributed by atoms with Crippen LogP contribution in [0.15, 0.2) is 30.5 Å². The zero-order chi connectivity index (χ0) is 20.8. The molecule has 2 aromatic heterocycles. The minimum absolute atomic E-state index is 0.0629. The van der Waals surface area contributed by atoms with Crippen LogP contribution in [0.2, 0.25) is 10.0 Å². The van der Waals surface area contributed by atoms with Crippen LogP contribution in [0.5, 0.6) is 0 Å². The lowest BCUT2D eigenvalue weighted by Crippen LogP contribution is -2.26. The van der Waals surface area contributed by atoms with Crippen molar-refractivity contribution in [2.24, 2.45) is 0 Å². The third kappa shape index (κ3) is 3.97. The van der Waals surface area contributed by atoms with Crippen LogP contribution in [0, 0.1) is 6.92 Å². The van der Waals surface area contributed by atoms with Gasteiger partial charge in [0, 0.05) is 16.9 Å². The number of carbonyl (C=O) groups excluding carboxylic acids is 1. The summed E-state index contributed by atoms with van der Waals surface area (Å²) in [6.45, 7) is 1.80. The molecular weight excluding hydrogens is 435 g/mol. The number of anilines is 1. The zero-order valence-corrected chi connectivity index (χ0v) is 17.9. The maximum absolute atomic E-state index is 12.7. The molecule has 3 heterocycles. The Morgan fingerprint density at radius 1 is 1.17 bits per heavy atom. The van der Waals surface area contributed by atoms with Gasteiger partial charge in [0.1, 0.15) is 9.84 Å². The molecule has 152 valence electrons. The van der Waals surface area contributed by atoms with Crippen LogP contribution in [0.25, 0.3) is 11.0 Å². The van der Waals surface area contributed by atoms with Gasteiger partial charge in [-0.15, -0.1) is 0 Å². The Labute approximate surface area is 177 Å². The maximum Gasteiger partial charge on any atom is 0.258 e. The minimum Gasteiger partial charge on any atom is -0.322 e. The lowest BCUT2D eigenvalue weighted by atomic mass is 10.1. The number of nitrogens with zero attached hydrogens (tertiary/aromatic N) is 3. The van der Waals surface area contributed by atoms with E-state index in [1.165, 1.54) is 6.20 Å². The summed E-state index contributed by atoms with van der Waals surface area (Å²) in [5, 5.41) is 8.76. The Kier molecular flexibility index (Phi) is 5.27. The highest BCUT2D eigenvalue weighted by atomic mass is 35.5. The van der Waals surface area contributed by atoms with E-state index < -0.39 is 9.84 Å². The highest BCUT2D eigenvalue weighted by Crippen LogP contribution is 2.33. The molecule has 1 aliphatic rings. The summed E-state index contributed by atoms with van der Waals surface area (Å²) in [4.78, 5) is 17.1. The van der Waals surface area contributed by atoms with Crippen molar-refractivity contribution in [1.29, 1.82) is 0 Å². The summed E-state index contributed by atoms with van der Waals surface area (Å²) < 4.78 is 25.2. The van der Waals surface area contributed by atoms with E-state index >= 15 is 0 Å². The summed E-state index contributed by atoms with van der Waals surface area (Å²) in [5.41, 5.74) is 2.03. The van der Waals surface area contributed by atoms with E-state index in [9.17, 15) is 13.2 Å². The lowest BCUT2D eigenvalue weighted by molar-refractivity contribution is 0.102. The Bertz CT molecular complexity index is 1190. The van der Waals surface area contributed by atoms with E-state index in [1.807, 2.05) is 0 Å². The average Bonchev–Trinajstić information content (AvgIpc) is 3.01. The standard InChI is InChI=1S/C19H18Cl2N4O3S/c1-11-16-17(21)15(19(26)23-13-4-2-12(20)3-5-13)10-22-18(16)25(24-11)14-6-8-29(27,28)9-7-14/h2-5,10,14H,6-9H2,1H3,(H,23,26). The first-order valence-corrected chi connectivity index (χ1v) is 11.6. The van der Waals surface area contributed by atoms with Crippen LogP contribution in [-0.4, -0.2) is 40.6 Å². The van der Waals surface area contributed by atoms with Crippen molar-refractivity contribution in [2.45, 2.75) is 25.8 Å². The Balaban J connectivity index is 1.66. The fraction of sp³-hybridized carbons (Fsp3) is 0.316.